The minimum Gasteiger partial charge on any atom is -0.391 e. The number of rotatable bonds is 6. The molecule has 112 valence electrons. The minimum absolute atomic E-state index is 0.0411. The van der Waals surface area contributed by atoms with Gasteiger partial charge in [0.25, 0.3) is 5.69 Å². The average Bonchev–Trinajstić information content (AvgIpc) is 2.98. The summed E-state index contributed by atoms with van der Waals surface area (Å²) in [5, 5.41) is 22.2. The largest absolute Gasteiger partial charge is 0.391 e. The van der Waals surface area contributed by atoms with Crippen molar-refractivity contribution in [1.82, 2.24) is 0 Å². The average molecular weight is 306 g/mol. The zero-order chi connectivity index (χ0) is 15.4. The first kappa shape index (κ1) is 15.5. The smallest absolute Gasteiger partial charge is 0.275 e. The van der Waals surface area contributed by atoms with Crippen LogP contribution in [0.1, 0.15) is 17.4 Å². The van der Waals surface area contributed by atoms with Crippen molar-refractivity contribution in [2.45, 2.75) is 26.0 Å². The summed E-state index contributed by atoms with van der Waals surface area (Å²) in [7, 11) is 1.96. The molecule has 0 aliphatic rings. The number of nitro groups is 1. The van der Waals surface area contributed by atoms with Crippen molar-refractivity contribution in [3.05, 3.63) is 56.3 Å². The highest BCUT2D eigenvalue weighted by molar-refractivity contribution is 7.09. The standard InChI is InChI=1S/C15H18N2O3S/c1-11(8-14-4-3-7-21-14)16(2)13-5-6-15(17(19)20)12(9-13)10-18/h3-7,9,11,18H,8,10H2,1-2H3. The van der Waals surface area contributed by atoms with E-state index in [4.69, 9.17) is 0 Å². The number of nitro benzene ring substituents is 1. The molecule has 1 atom stereocenters. The summed E-state index contributed by atoms with van der Waals surface area (Å²) in [6, 6.07) is 9.25. The Morgan fingerprint density at radius 3 is 2.76 bits per heavy atom. The second-order valence-corrected chi connectivity index (χ2v) is 6.00. The third-order valence-corrected chi connectivity index (χ3v) is 4.47. The first-order valence-corrected chi connectivity index (χ1v) is 7.54. The van der Waals surface area contributed by atoms with E-state index in [0.29, 0.717) is 5.56 Å². The van der Waals surface area contributed by atoms with E-state index < -0.39 is 4.92 Å². The van der Waals surface area contributed by atoms with Crippen LogP contribution in [0.3, 0.4) is 0 Å². The van der Waals surface area contributed by atoms with Crippen molar-refractivity contribution >= 4 is 22.7 Å². The molecule has 1 unspecified atom stereocenters. The number of hydrogen-bond donors (Lipinski definition) is 1. The van der Waals surface area contributed by atoms with Gasteiger partial charge < -0.3 is 10.0 Å². The molecule has 0 radical (unpaired) electrons. The fourth-order valence-electron chi connectivity index (χ4n) is 2.21. The summed E-state index contributed by atoms with van der Waals surface area (Å²) >= 11 is 1.72. The first-order valence-electron chi connectivity index (χ1n) is 6.66. The molecule has 21 heavy (non-hydrogen) atoms. The topological polar surface area (TPSA) is 66.6 Å². The predicted molar refractivity (Wildman–Crippen MR) is 84.9 cm³/mol. The summed E-state index contributed by atoms with van der Waals surface area (Å²) in [5.41, 5.74) is 1.17. The molecule has 1 heterocycles. The van der Waals surface area contributed by atoms with E-state index in [-0.39, 0.29) is 18.3 Å². The van der Waals surface area contributed by atoms with Gasteiger partial charge in [0.2, 0.25) is 0 Å². The maximum absolute atomic E-state index is 10.9. The van der Waals surface area contributed by atoms with Gasteiger partial charge in [-0.1, -0.05) is 6.07 Å². The molecule has 5 nitrogen and oxygen atoms in total. The lowest BCUT2D eigenvalue weighted by molar-refractivity contribution is -0.385. The third kappa shape index (κ3) is 3.59. The van der Waals surface area contributed by atoms with Crippen molar-refractivity contribution in [3.63, 3.8) is 0 Å². The highest BCUT2D eigenvalue weighted by Crippen LogP contribution is 2.26. The lowest BCUT2D eigenvalue weighted by atomic mass is 10.1. The molecule has 0 amide bonds. The number of aliphatic hydroxyl groups excluding tert-OH is 1. The van der Waals surface area contributed by atoms with Crippen LogP contribution in [0, 0.1) is 10.1 Å². The Hall–Kier alpha value is -1.92. The van der Waals surface area contributed by atoms with Crippen LogP contribution >= 0.6 is 11.3 Å². The summed E-state index contributed by atoms with van der Waals surface area (Å²) in [4.78, 5) is 13.8. The first-order chi connectivity index (χ1) is 10.0. The Bertz CT molecular complexity index is 613. The van der Waals surface area contributed by atoms with E-state index in [1.165, 1.54) is 10.9 Å². The van der Waals surface area contributed by atoms with Crippen molar-refractivity contribution in [3.8, 4) is 0 Å². The van der Waals surface area contributed by atoms with Crippen LogP contribution in [-0.4, -0.2) is 23.1 Å². The van der Waals surface area contributed by atoms with E-state index >= 15 is 0 Å². The number of likely N-dealkylation sites (N-methyl/N-ethyl adjacent to an activating group) is 1. The second-order valence-electron chi connectivity index (χ2n) is 4.97. The van der Waals surface area contributed by atoms with Crippen molar-refractivity contribution in [2.75, 3.05) is 11.9 Å². The monoisotopic (exact) mass is 306 g/mol. The zero-order valence-electron chi connectivity index (χ0n) is 12.0. The highest BCUT2D eigenvalue weighted by Gasteiger charge is 2.17. The number of aliphatic hydroxyl groups is 1. The van der Waals surface area contributed by atoms with E-state index in [9.17, 15) is 15.2 Å². The quantitative estimate of drug-likeness (QED) is 0.657. The van der Waals surface area contributed by atoms with E-state index in [0.717, 1.165) is 12.1 Å². The third-order valence-electron chi connectivity index (χ3n) is 3.58. The number of anilines is 1. The van der Waals surface area contributed by atoms with E-state index in [1.807, 2.05) is 13.1 Å². The maximum Gasteiger partial charge on any atom is 0.275 e. The summed E-state index contributed by atoms with van der Waals surface area (Å²) in [5.74, 6) is 0. The lowest BCUT2D eigenvalue weighted by Crippen LogP contribution is -2.30. The van der Waals surface area contributed by atoms with Gasteiger partial charge in [0, 0.05) is 36.1 Å². The van der Waals surface area contributed by atoms with Crippen LogP contribution in [0.25, 0.3) is 0 Å². The molecule has 0 aliphatic carbocycles. The van der Waals surface area contributed by atoms with E-state index in [1.54, 1.807) is 23.5 Å². The van der Waals surface area contributed by atoms with E-state index in [2.05, 4.69) is 23.3 Å². The summed E-state index contributed by atoms with van der Waals surface area (Å²) in [6.45, 7) is 1.77. The van der Waals surface area contributed by atoms with Gasteiger partial charge in [-0.05, 0) is 30.5 Å². The summed E-state index contributed by atoms with van der Waals surface area (Å²) in [6.07, 6.45) is 0.916. The number of thiophene rings is 1. The molecule has 1 aromatic carbocycles. The molecule has 0 aliphatic heterocycles. The molecular weight excluding hydrogens is 288 g/mol. The summed E-state index contributed by atoms with van der Waals surface area (Å²) < 4.78 is 0. The van der Waals surface area contributed by atoms with Crippen LogP contribution < -0.4 is 4.90 Å². The molecule has 2 aromatic rings. The van der Waals surface area contributed by atoms with Crippen LogP contribution in [0.15, 0.2) is 35.7 Å². The Morgan fingerprint density at radius 2 is 2.19 bits per heavy atom. The van der Waals surface area contributed by atoms with Gasteiger partial charge in [0.1, 0.15) is 0 Å². The SMILES string of the molecule is CC(Cc1cccs1)N(C)c1ccc([N+](=O)[O-])c(CO)c1. The molecule has 0 saturated heterocycles. The fourth-order valence-corrected chi connectivity index (χ4v) is 3.03. The van der Waals surface area contributed by atoms with Gasteiger partial charge in [-0.25, -0.2) is 0 Å². The maximum atomic E-state index is 10.9. The van der Waals surface area contributed by atoms with Gasteiger partial charge in [-0.3, -0.25) is 10.1 Å². The molecule has 6 heteroatoms. The Morgan fingerprint density at radius 1 is 1.43 bits per heavy atom. The highest BCUT2D eigenvalue weighted by atomic mass is 32.1. The van der Waals surface area contributed by atoms with Gasteiger partial charge in [-0.15, -0.1) is 11.3 Å². The Kier molecular flexibility index (Phi) is 4.93. The van der Waals surface area contributed by atoms with Gasteiger partial charge in [0.15, 0.2) is 0 Å². The molecule has 0 fully saturated rings. The Labute approximate surface area is 127 Å². The van der Waals surface area contributed by atoms with Crippen LogP contribution in [0.2, 0.25) is 0 Å². The normalized spacial score (nSPS) is 12.1. The van der Waals surface area contributed by atoms with Crippen LogP contribution in [-0.2, 0) is 13.0 Å². The molecular formula is C15H18N2O3S. The molecule has 0 saturated carbocycles. The second kappa shape index (κ2) is 6.69. The number of nitrogens with zero attached hydrogens (tertiary/aromatic N) is 2. The lowest BCUT2D eigenvalue weighted by Gasteiger charge is -2.27. The van der Waals surface area contributed by atoms with Gasteiger partial charge >= 0.3 is 0 Å². The van der Waals surface area contributed by atoms with Gasteiger partial charge in [0.05, 0.1) is 17.1 Å². The fraction of sp³-hybridized carbons (Fsp3) is 0.333. The Balaban J connectivity index is 2.18. The molecule has 0 spiro atoms. The van der Waals surface area contributed by atoms with Crippen LogP contribution in [0.5, 0.6) is 0 Å². The zero-order valence-corrected chi connectivity index (χ0v) is 12.8. The molecule has 0 bridgehead atoms. The minimum atomic E-state index is -0.468. The molecule has 2 rings (SSSR count). The van der Waals surface area contributed by atoms with Crippen molar-refractivity contribution in [1.29, 1.82) is 0 Å². The molecule has 1 N–H and O–H groups in total. The predicted octanol–water partition coefficient (Wildman–Crippen LogP) is 3.22. The van der Waals surface area contributed by atoms with Crippen LogP contribution in [0.4, 0.5) is 11.4 Å². The number of hydrogen-bond acceptors (Lipinski definition) is 5. The number of benzene rings is 1. The molecule has 1 aromatic heterocycles. The van der Waals surface area contributed by atoms with Crippen molar-refractivity contribution in [2.24, 2.45) is 0 Å². The van der Waals surface area contributed by atoms with Gasteiger partial charge in [-0.2, -0.15) is 0 Å². The van der Waals surface area contributed by atoms with Crippen molar-refractivity contribution < 1.29 is 10.0 Å².